The van der Waals surface area contributed by atoms with Crippen molar-refractivity contribution >= 4 is 22.7 Å². The molecule has 2 saturated heterocycles. The maximum atomic E-state index is 6.82. The molecule has 2 aliphatic carbocycles. The highest BCUT2D eigenvalue weighted by Gasteiger charge is 2.42. The number of methoxy groups -OCH3 is 1. The molecule has 2 atom stereocenters. The van der Waals surface area contributed by atoms with E-state index in [0.717, 1.165) is 52.9 Å². The SMILES string of the molecule is CC.COc1ccc(N2CCC(N3CCCCC3)CC2)cc1-c1cnn2c(N)c(C3=CC(C)=CC4CC34)c(C)nc12. The lowest BCUT2D eigenvalue weighted by Crippen LogP contribution is -2.46. The topological polar surface area (TPSA) is 71.9 Å². The van der Waals surface area contributed by atoms with Crippen molar-refractivity contribution < 1.29 is 4.74 Å². The Kier molecular flexibility index (Phi) is 7.82. The second kappa shape index (κ2) is 11.5. The van der Waals surface area contributed by atoms with E-state index in [1.807, 2.05) is 24.6 Å². The number of anilines is 2. The van der Waals surface area contributed by atoms with Gasteiger partial charge in [0.25, 0.3) is 0 Å². The number of hydrogen-bond donors (Lipinski definition) is 1. The molecule has 2 N–H and O–H groups in total. The first kappa shape index (κ1) is 27.8. The number of nitrogen functional groups attached to an aromatic ring is 1. The predicted molar refractivity (Wildman–Crippen MR) is 169 cm³/mol. The molecule has 3 aromatic rings. The van der Waals surface area contributed by atoms with Crippen LogP contribution in [0.4, 0.5) is 11.5 Å². The maximum Gasteiger partial charge on any atom is 0.165 e. The molecule has 0 bridgehead atoms. The van der Waals surface area contributed by atoms with Crippen LogP contribution >= 0.6 is 0 Å². The van der Waals surface area contributed by atoms with Gasteiger partial charge >= 0.3 is 0 Å². The van der Waals surface area contributed by atoms with E-state index >= 15 is 0 Å². The molecule has 2 aliphatic heterocycles. The summed E-state index contributed by atoms with van der Waals surface area (Å²) in [4.78, 5) is 10.3. The Hall–Kier alpha value is -3.32. The molecule has 7 rings (SSSR count). The number of fused-ring (bicyclic) bond motifs is 2. The largest absolute Gasteiger partial charge is 0.496 e. The van der Waals surface area contributed by atoms with Gasteiger partial charge in [-0.25, -0.2) is 4.98 Å². The van der Waals surface area contributed by atoms with Crippen molar-refractivity contribution in [1.29, 1.82) is 0 Å². The Labute approximate surface area is 245 Å². The number of nitrogens with two attached hydrogens (primary N) is 1. The molecular formula is C34H46N6O. The van der Waals surface area contributed by atoms with Crippen LogP contribution < -0.4 is 15.4 Å². The van der Waals surface area contributed by atoms with Gasteiger partial charge in [0.05, 0.1) is 24.6 Å². The average molecular weight is 555 g/mol. The van der Waals surface area contributed by atoms with Crippen LogP contribution in [-0.4, -0.2) is 58.8 Å². The maximum absolute atomic E-state index is 6.82. The van der Waals surface area contributed by atoms with Crippen molar-refractivity contribution in [3.63, 3.8) is 0 Å². The monoisotopic (exact) mass is 554 g/mol. The summed E-state index contributed by atoms with van der Waals surface area (Å²) in [7, 11) is 1.73. The standard InChI is InChI=1S/C32H40N6O.C2H6/c1-20-15-22-17-25(22)27(16-20)30-21(2)35-32-28(19-34-38(32)31(30)33)26-18-24(7-8-29(26)39-3)37-13-9-23(10-14-37)36-11-5-4-6-12-36;1-2/h7-8,15-16,18-19,22-23,25H,4-6,9-14,17,33H2,1-3H3;1-2H3. The lowest BCUT2D eigenvalue weighted by molar-refractivity contribution is 0.141. The summed E-state index contributed by atoms with van der Waals surface area (Å²) >= 11 is 0. The van der Waals surface area contributed by atoms with E-state index in [1.54, 1.807) is 7.11 Å². The van der Waals surface area contributed by atoms with E-state index in [1.165, 1.54) is 68.4 Å². The number of ether oxygens (including phenoxy) is 1. The van der Waals surface area contributed by atoms with Crippen molar-refractivity contribution in [3.8, 4) is 16.9 Å². The molecule has 2 aromatic heterocycles. The van der Waals surface area contributed by atoms with Crippen LogP contribution in [0.25, 0.3) is 22.3 Å². The van der Waals surface area contributed by atoms with E-state index in [2.05, 4.69) is 54.0 Å². The molecule has 0 spiro atoms. The first-order chi connectivity index (χ1) is 20.0. The molecule has 218 valence electrons. The van der Waals surface area contributed by atoms with Crippen molar-refractivity contribution in [2.75, 3.05) is 43.9 Å². The third kappa shape index (κ3) is 5.14. The quantitative estimate of drug-likeness (QED) is 0.376. The van der Waals surface area contributed by atoms with Gasteiger partial charge in [-0.1, -0.05) is 38.0 Å². The number of aryl methyl sites for hydroxylation is 1. The van der Waals surface area contributed by atoms with Gasteiger partial charge in [0.2, 0.25) is 0 Å². The molecule has 0 amide bonds. The number of allylic oxidation sites excluding steroid dienone is 4. The van der Waals surface area contributed by atoms with E-state index in [0.29, 0.717) is 17.7 Å². The zero-order chi connectivity index (χ0) is 28.7. The number of likely N-dealkylation sites (tertiary alicyclic amines) is 1. The van der Waals surface area contributed by atoms with E-state index in [9.17, 15) is 0 Å². The second-order valence-corrected chi connectivity index (χ2v) is 12.0. The Morgan fingerprint density at radius 2 is 1.73 bits per heavy atom. The van der Waals surface area contributed by atoms with Crippen molar-refractivity contribution in [1.82, 2.24) is 19.5 Å². The van der Waals surface area contributed by atoms with Crippen molar-refractivity contribution in [2.45, 2.75) is 72.3 Å². The van der Waals surface area contributed by atoms with Crippen LogP contribution in [0.15, 0.2) is 42.1 Å². The van der Waals surface area contributed by atoms with E-state index < -0.39 is 0 Å². The highest BCUT2D eigenvalue weighted by Crippen LogP contribution is 2.53. The van der Waals surface area contributed by atoms with Crippen LogP contribution in [0, 0.1) is 18.8 Å². The lowest BCUT2D eigenvalue weighted by atomic mass is 9.93. The highest BCUT2D eigenvalue weighted by atomic mass is 16.5. The van der Waals surface area contributed by atoms with Gasteiger partial charge in [-0.2, -0.15) is 9.61 Å². The Morgan fingerprint density at radius 1 is 0.976 bits per heavy atom. The number of rotatable bonds is 5. The molecule has 2 unspecified atom stereocenters. The third-order valence-electron chi connectivity index (χ3n) is 9.46. The third-order valence-corrected chi connectivity index (χ3v) is 9.46. The van der Waals surface area contributed by atoms with Crippen LogP contribution in [0.2, 0.25) is 0 Å². The summed E-state index contributed by atoms with van der Waals surface area (Å²) in [5.41, 5.74) is 15.4. The predicted octanol–water partition coefficient (Wildman–Crippen LogP) is 6.76. The average Bonchev–Trinajstić information content (AvgIpc) is 3.67. The summed E-state index contributed by atoms with van der Waals surface area (Å²) in [5.74, 6) is 2.70. The summed E-state index contributed by atoms with van der Waals surface area (Å²) in [6.45, 7) is 13.0. The molecule has 7 nitrogen and oxygen atoms in total. The van der Waals surface area contributed by atoms with Gasteiger partial charge in [0, 0.05) is 35.9 Å². The van der Waals surface area contributed by atoms with Crippen LogP contribution in [0.3, 0.4) is 0 Å². The zero-order valence-corrected chi connectivity index (χ0v) is 25.5. The van der Waals surface area contributed by atoms with Crippen LogP contribution in [0.1, 0.15) is 70.6 Å². The zero-order valence-electron chi connectivity index (χ0n) is 25.5. The number of hydrogen-bond acceptors (Lipinski definition) is 6. The minimum Gasteiger partial charge on any atom is -0.496 e. The number of piperidine rings is 2. The van der Waals surface area contributed by atoms with Gasteiger partial charge in [-0.3, -0.25) is 0 Å². The first-order valence-corrected chi connectivity index (χ1v) is 15.7. The summed E-state index contributed by atoms with van der Waals surface area (Å²) in [6.07, 6.45) is 14.3. The van der Waals surface area contributed by atoms with Crippen LogP contribution in [0.5, 0.6) is 5.75 Å². The minimum absolute atomic E-state index is 0.555. The fraction of sp³-hybridized carbons (Fsp3) is 0.529. The molecule has 41 heavy (non-hydrogen) atoms. The molecule has 1 saturated carbocycles. The van der Waals surface area contributed by atoms with Gasteiger partial charge in [-0.15, -0.1) is 0 Å². The Bertz CT molecular complexity index is 1470. The molecule has 1 aromatic carbocycles. The number of nitrogens with zero attached hydrogens (tertiary/aromatic N) is 5. The summed E-state index contributed by atoms with van der Waals surface area (Å²) < 4.78 is 7.65. The van der Waals surface area contributed by atoms with Gasteiger partial charge in [0.1, 0.15) is 11.6 Å². The Morgan fingerprint density at radius 3 is 2.46 bits per heavy atom. The van der Waals surface area contributed by atoms with Gasteiger partial charge in [0.15, 0.2) is 5.65 Å². The van der Waals surface area contributed by atoms with E-state index in [4.69, 9.17) is 20.6 Å². The lowest BCUT2D eigenvalue weighted by Gasteiger charge is -2.41. The first-order valence-electron chi connectivity index (χ1n) is 15.7. The second-order valence-electron chi connectivity index (χ2n) is 12.0. The number of aromatic nitrogens is 3. The smallest absolute Gasteiger partial charge is 0.165 e. The van der Waals surface area contributed by atoms with E-state index in [-0.39, 0.29) is 0 Å². The molecule has 0 radical (unpaired) electrons. The molecule has 3 fully saturated rings. The Balaban J connectivity index is 0.00000148. The van der Waals surface area contributed by atoms with Crippen molar-refractivity contribution in [2.24, 2.45) is 11.8 Å². The highest BCUT2D eigenvalue weighted by molar-refractivity contribution is 5.87. The summed E-state index contributed by atoms with van der Waals surface area (Å²) in [5, 5.41) is 4.74. The fourth-order valence-electron chi connectivity index (χ4n) is 7.31. The van der Waals surface area contributed by atoms with Crippen molar-refractivity contribution in [3.05, 3.63) is 53.4 Å². The van der Waals surface area contributed by atoms with Crippen LogP contribution in [-0.2, 0) is 0 Å². The molecular weight excluding hydrogens is 508 g/mol. The fourth-order valence-corrected chi connectivity index (χ4v) is 7.31. The van der Waals surface area contributed by atoms with Gasteiger partial charge < -0.3 is 20.3 Å². The normalized spacial score (nSPS) is 22.9. The molecule has 7 heteroatoms. The van der Waals surface area contributed by atoms with Gasteiger partial charge in [-0.05, 0) is 94.6 Å². The number of benzene rings is 1. The minimum atomic E-state index is 0.555. The summed E-state index contributed by atoms with van der Waals surface area (Å²) in [6, 6.07) is 7.26. The molecule has 4 aliphatic rings. The molecule has 4 heterocycles.